The first-order chi connectivity index (χ1) is 14.3. The van der Waals surface area contributed by atoms with Crippen molar-refractivity contribution in [3.8, 4) is 0 Å². The highest BCUT2D eigenvalue weighted by atomic mass is 32.2. The maximum Gasteiger partial charge on any atom is 0.341 e. The second-order valence-corrected chi connectivity index (χ2v) is 10.1. The summed E-state index contributed by atoms with van der Waals surface area (Å²) in [5.41, 5.74) is 2.66. The van der Waals surface area contributed by atoms with Crippen LogP contribution in [-0.4, -0.2) is 47.6 Å². The maximum atomic E-state index is 12.9. The molecule has 1 N–H and O–H groups in total. The van der Waals surface area contributed by atoms with E-state index >= 15 is 0 Å². The minimum Gasteiger partial charge on any atom is -0.462 e. The lowest BCUT2D eigenvalue weighted by molar-refractivity contribution is 0.0527. The summed E-state index contributed by atoms with van der Waals surface area (Å²) in [4.78, 5) is 26.0. The topological polar surface area (TPSA) is 120 Å². The van der Waals surface area contributed by atoms with Crippen molar-refractivity contribution in [2.45, 2.75) is 32.6 Å². The molecule has 3 aromatic rings. The number of nitrogens with one attached hydrogen (secondary N) is 1. The summed E-state index contributed by atoms with van der Waals surface area (Å²) in [6, 6.07) is 5.06. The molecule has 9 nitrogen and oxygen atoms in total. The fourth-order valence-electron chi connectivity index (χ4n) is 3.45. The molecule has 0 fully saturated rings. The van der Waals surface area contributed by atoms with Crippen molar-refractivity contribution < 1.29 is 22.7 Å². The number of aryl methyl sites for hydroxylation is 1. The smallest absolute Gasteiger partial charge is 0.341 e. The molecule has 1 aromatic carbocycles. The Balaban J connectivity index is 1.69. The second-order valence-electron chi connectivity index (χ2n) is 6.83. The molecular formula is C19H20N4O5S2. The van der Waals surface area contributed by atoms with E-state index in [1.54, 1.807) is 29.8 Å². The predicted molar refractivity (Wildman–Crippen MR) is 113 cm³/mol. The number of amides is 1. The predicted octanol–water partition coefficient (Wildman–Crippen LogP) is 2.41. The average Bonchev–Trinajstić information content (AvgIpc) is 3.26. The maximum absolute atomic E-state index is 12.9. The third kappa shape index (κ3) is 3.70. The summed E-state index contributed by atoms with van der Waals surface area (Å²) in [6.07, 6.45) is 0.226. The van der Waals surface area contributed by atoms with Crippen molar-refractivity contribution >= 4 is 49.1 Å². The number of anilines is 1. The lowest BCUT2D eigenvalue weighted by Gasteiger charge is -2.13. The number of hydrogen-bond donors (Lipinski definition) is 1. The summed E-state index contributed by atoms with van der Waals surface area (Å²) < 4.78 is 30.9. The van der Waals surface area contributed by atoms with Crippen LogP contribution in [-0.2, 0) is 33.3 Å². The van der Waals surface area contributed by atoms with Gasteiger partial charge in [-0.3, -0.25) is 4.79 Å². The number of esters is 1. The molecule has 0 radical (unpaired) electrons. The molecule has 3 heterocycles. The Bertz CT molecular complexity index is 1260. The number of nitrogens with zero attached hydrogens (tertiary/aromatic N) is 3. The Morgan fingerprint density at radius 3 is 2.83 bits per heavy atom. The van der Waals surface area contributed by atoms with Crippen LogP contribution in [0.5, 0.6) is 0 Å². The average molecular weight is 449 g/mol. The summed E-state index contributed by atoms with van der Waals surface area (Å²) >= 11 is 1.11. The number of thiophene rings is 1. The largest absolute Gasteiger partial charge is 0.462 e. The number of sulfone groups is 1. The van der Waals surface area contributed by atoms with Gasteiger partial charge in [0.2, 0.25) is 0 Å². The minimum atomic E-state index is -3.21. The van der Waals surface area contributed by atoms with E-state index in [1.807, 2.05) is 6.92 Å². The van der Waals surface area contributed by atoms with Crippen LogP contribution in [0.4, 0.5) is 5.00 Å². The van der Waals surface area contributed by atoms with Crippen LogP contribution >= 0.6 is 11.3 Å². The standard InChI is InChI=1S/C19H20N4O5S2/c1-3-23-14-6-5-11(9-13(14)21-22-23)17(24)20-18-16(19(25)28-4-2)12-7-8-30(26,27)10-15(12)29-18/h5-6,9H,3-4,7-8,10H2,1-2H3,(H,20,24). The molecule has 1 aliphatic rings. The first-order valence-electron chi connectivity index (χ1n) is 9.49. The molecule has 11 heteroatoms. The first kappa shape index (κ1) is 20.5. The fourth-order valence-corrected chi connectivity index (χ4v) is 6.49. The van der Waals surface area contributed by atoms with E-state index < -0.39 is 21.7 Å². The number of rotatable bonds is 5. The molecule has 1 amide bonds. The fraction of sp³-hybridized carbons (Fsp3) is 0.368. The molecule has 0 aliphatic carbocycles. The van der Waals surface area contributed by atoms with E-state index in [4.69, 9.17) is 4.74 Å². The highest BCUT2D eigenvalue weighted by Crippen LogP contribution is 2.38. The number of aromatic nitrogens is 3. The molecule has 4 rings (SSSR count). The molecule has 0 bridgehead atoms. The van der Waals surface area contributed by atoms with E-state index in [-0.39, 0.29) is 30.1 Å². The van der Waals surface area contributed by atoms with Crippen molar-refractivity contribution in [2.75, 3.05) is 17.7 Å². The minimum absolute atomic E-state index is 0.0275. The van der Waals surface area contributed by atoms with Gasteiger partial charge in [-0.25, -0.2) is 17.9 Å². The Morgan fingerprint density at radius 1 is 1.30 bits per heavy atom. The normalized spacial score (nSPS) is 15.0. The molecule has 0 atom stereocenters. The van der Waals surface area contributed by atoms with Crippen molar-refractivity contribution in [1.82, 2.24) is 15.0 Å². The van der Waals surface area contributed by atoms with Crippen LogP contribution in [0.2, 0.25) is 0 Å². The van der Waals surface area contributed by atoms with Gasteiger partial charge in [0.05, 0.1) is 29.2 Å². The molecule has 1 aliphatic heterocycles. The number of hydrogen-bond acceptors (Lipinski definition) is 8. The van der Waals surface area contributed by atoms with Gasteiger partial charge in [-0.2, -0.15) is 0 Å². The summed E-state index contributed by atoms with van der Waals surface area (Å²) in [5.74, 6) is -1.15. The SMILES string of the molecule is CCOC(=O)c1c(NC(=O)c2ccc3c(c2)nnn3CC)sc2c1CCS(=O)(=O)C2. The van der Waals surface area contributed by atoms with E-state index in [9.17, 15) is 18.0 Å². The third-order valence-corrected chi connectivity index (χ3v) is 7.77. The zero-order valence-electron chi connectivity index (χ0n) is 16.5. The van der Waals surface area contributed by atoms with Crippen LogP contribution < -0.4 is 5.32 Å². The monoisotopic (exact) mass is 448 g/mol. The summed E-state index contributed by atoms with van der Waals surface area (Å²) in [7, 11) is -3.21. The lowest BCUT2D eigenvalue weighted by Crippen LogP contribution is -2.20. The van der Waals surface area contributed by atoms with Gasteiger partial charge in [-0.1, -0.05) is 5.21 Å². The number of carbonyl (C=O) groups is 2. The van der Waals surface area contributed by atoms with Crippen LogP contribution in [0.3, 0.4) is 0 Å². The second kappa shape index (κ2) is 7.80. The first-order valence-corrected chi connectivity index (χ1v) is 12.1. The zero-order valence-corrected chi connectivity index (χ0v) is 18.1. The van der Waals surface area contributed by atoms with Gasteiger partial charge in [0.25, 0.3) is 5.91 Å². The molecule has 0 spiro atoms. The van der Waals surface area contributed by atoms with Crippen LogP contribution in [0.15, 0.2) is 18.2 Å². The Morgan fingerprint density at radius 2 is 2.10 bits per heavy atom. The summed E-state index contributed by atoms with van der Waals surface area (Å²) in [5, 5.41) is 11.2. The molecule has 2 aromatic heterocycles. The highest BCUT2D eigenvalue weighted by Gasteiger charge is 2.32. The van der Waals surface area contributed by atoms with Gasteiger partial charge in [0.1, 0.15) is 10.5 Å². The van der Waals surface area contributed by atoms with Crippen molar-refractivity contribution in [1.29, 1.82) is 0 Å². The number of benzene rings is 1. The van der Waals surface area contributed by atoms with E-state index in [1.165, 1.54) is 0 Å². The van der Waals surface area contributed by atoms with Crippen molar-refractivity contribution in [3.63, 3.8) is 0 Å². The van der Waals surface area contributed by atoms with Crippen molar-refractivity contribution in [3.05, 3.63) is 39.8 Å². The van der Waals surface area contributed by atoms with Gasteiger partial charge in [0.15, 0.2) is 9.84 Å². The van der Waals surface area contributed by atoms with E-state index in [0.29, 0.717) is 33.1 Å². The number of fused-ring (bicyclic) bond motifs is 2. The molecule has 158 valence electrons. The summed E-state index contributed by atoms with van der Waals surface area (Å²) in [6.45, 7) is 4.48. The molecule has 0 saturated heterocycles. The van der Waals surface area contributed by atoms with Gasteiger partial charge in [0, 0.05) is 17.0 Å². The van der Waals surface area contributed by atoms with Crippen molar-refractivity contribution in [2.24, 2.45) is 0 Å². The van der Waals surface area contributed by atoms with Gasteiger partial charge >= 0.3 is 5.97 Å². The van der Waals surface area contributed by atoms with E-state index in [2.05, 4.69) is 15.6 Å². The number of carbonyl (C=O) groups excluding carboxylic acids is 2. The molecule has 30 heavy (non-hydrogen) atoms. The Kier molecular flexibility index (Phi) is 5.33. The highest BCUT2D eigenvalue weighted by molar-refractivity contribution is 7.90. The molecule has 0 saturated carbocycles. The molecule has 0 unspecified atom stereocenters. The Labute approximate surface area is 176 Å². The third-order valence-electron chi connectivity index (χ3n) is 4.89. The zero-order chi connectivity index (χ0) is 21.5. The van der Waals surface area contributed by atoms with Crippen LogP contribution in [0.25, 0.3) is 11.0 Å². The van der Waals surface area contributed by atoms with Gasteiger partial charge < -0.3 is 10.1 Å². The lowest BCUT2D eigenvalue weighted by atomic mass is 10.1. The van der Waals surface area contributed by atoms with E-state index in [0.717, 1.165) is 16.9 Å². The molecular weight excluding hydrogens is 428 g/mol. The quantitative estimate of drug-likeness (QED) is 0.595. The van der Waals surface area contributed by atoms with Gasteiger partial charge in [-0.15, -0.1) is 16.4 Å². The van der Waals surface area contributed by atoms with Crippen LogP contribution in [0, 0.1) is 0 Å². The van der Waals surface area contributed by atoms with Crippen LogP contribution in [0.1, 0.15) is 45.0 Å². The Hall–Kier alpha value is -2.79. The van der Waals surface area contributed by atoms with Gasteiger partial charge in [-0.05, 0) is 44.0 Å². The number of ether oxygens (including phenoxy) is 1.